The van der Waals surface area contributed by atoms with Gasteiger partial charge in [0, 0.05) is 0 Å². The Morgan fingerprint density at radius 2 is 1.86 bits per heavy atom. The second-order valence-electron chi connectivity index (χ2n) is 4.26. The first-order chi connectivity index (χ1) is 6.27. The lowest BCUT2D eigenvalue weighted by Crippen LogP contribution is -2.23. The van der Waals surface area contributed by atoms with E-state index in [1.165, 1.54) is 0 Å². The van der Waals surface area contributed by atoms with Crippen LogP contribution in [0.4, 0.5) is 0 Å². The summed E-state index contributed by atoms with van der Waals surface area (Å²) >= 11 is 0. The number of hydrogen-bond acceptors (Lipinski definition) is 2. The molecular weight excluding hydrogens is 182 g/mol. The van der Waals surface area contributed by atoms with Crippen molar-refractivity contribution >= 4 is 12.4 Å². The van der Waals surface area contributed by atoms with E-state index in [0.717, 1.165) is 12.8 Å². The molecule has 0 bridgehead atoms. The van der Waals surface area contributed by atoms with E-state index >= 15 is 0 Å². The molecule has 0 aliphatic carbocycles. The van der Waals surface area contributed by atoms with Gasteiger partial charge in [0.25, 0.3) is 0 Å². The molecule has 1 amide bonds. The first-order valence-corrected chi connectivity index (χ1v) is 4.66. The molecule has 0 spiro atoms. The third-order valence-corrected chi connectivity index (χ3v) is 1.93. The van der Waals surface area contributed by atoms with Gasteiger partial charge < -0.3 is 10.8 Å². The van der Waals surface area contributed by atoms with Gasteiger partial charge in [-0.3, -0.25) is 9.59 Å². The largest absolute Gasteiger partial charge is 0.481 e. The highest BCUT2D eigenvalue weighted by atomic mass is 16.4. The fourth-order valence-corrected chi connectivity index (χ4v) is 0.756. The summed E-state index contributed by atoms with van der Waals surface area (Å²) < 4.78 is 0. The topological polar surface area (TPSA) is 80.4 Å². The van der Waals surface area contributed by atoms with Crippen LogP contribution in [-0.2, 0) is 9.59 Å². The Balaban J connectivity index is 0. The van der Waals surface area contributed by atoms with E-state index in [9.17, 15) is 4.79 Å². The van der Waals surface area contributed by atoms with Gasteiger partial charge in [0.05, 0.1) is 5.41 Å². The predicted molar refractivity (Wildman–Crippen MR) is 55.7 cm³/mol. The van der Waals surface area contributed by atoms with Gasteiger partial charge in [-0.25, -0.2) is 0 Å². The number of carboxylic acids is 1. The summed E-state index contributed by atoms with van der Waals surface area (Å²) in [5.41, 5.74) is 3.62. The van der Waals surface area contributed by atoms with E-state index in [1.54, 1.807) is 13.8 Å². The average Bonchev–Trinajstić information content (AvgIpc) is 2.02. The van der Waals surface area contributed by atoms with Crippen LogP contribution in [0.3, 0.4) is 0 Å². The summed E-state index contributed by atoms with van der Waals surface area (Å²) in [5, 5.41) is 8.75. The van der Waals surface area contributed by atoms with Crippen LogP contribution in [-0.4, -0.2) is 17.5 Å². The molecule has 4 nitrogen and oxygen atoms in total. The first kappa shape index (κ1) is 15.4. The van der Waals surface area contributed by atoms with Gasteiger partial charge in [-0.1, -0.05) is 13.8 Å². The lowest BCUT2D eigenvalue weighted by Gasteiger charge is -2.19. The second-order valence-corrected chi connectivity index (χ2v) is 4.26. The van der Waals surface area contributed by atoms with Crippen LogP contribution < -0.4 is 5.73 Å². The summed E-state index contributed by atoms with van der Waals surface area (Å²) in [7, 11) is 0. The normalized spacial score (nSPS) is 10.4. The van der Waals surface area contributed by atoms with E-state index < -0.39 is 11.4 Å². The first-order valence-electron chi connectivity index (χ1n) is 4.66. The van der Waals surface area contributed by atoms with Crippen molar-refractivity contribution in [2.75, 3.05) is 0 Å². The fraction of sp³-hybridized carbons (Fsp3) is 0.800. The molecule has 0 aromatic carbocycles. The maximum Gasteiger partial charge on any atom is 0.309 e. The molecule has 3 N–H and O–H groups in total. The molecule has 0 saturated carbocycles. The molecule has 0 atom stereocenters. The van der Waals surface area contributed by atoms with E-state index in [-0.39, 0.29) is 6.41 Å². The molecule has 0 unspecified atom stereocenters. The molecule has 0 rings (SSSR count). The Morgan fingerprint density at radius 1 is 1.50 bits per heavy atom. The SMILES string of the molecule is CC(C)CCC(C)(C)C(=O)O.NC=O. The highest BCUT2D eigenvalue weighted by molar-refractivity contribution is 5.73. The molecule has 0 aliphatic rings. The summed E-state index contributed by atoms with van der Waals surface area (Å²) in [6, 6.07) is 0. The molecule has 14 heavy (non-hydrogen) atoms. The maximum atomic E-state index is 10.6. The number of carbonyl (C=O) groups is 2. The van der Waals surface area contributed by atoms with Crippen molar-refractivity contribution in [3.63, 3.8) is 0 Å². The molecule has 0 aromatic heterocycles. The van der Waals surface area contributed by atoms with Crippen LogP contribution in [0.25, 0.3) is 0 Å². The third kappa shape index (κ3) is 9.03. The van der Waals surface area contributed by atoms with E-state index in [2.05, 4.69) is 19.6 Å². The zero-order chi connectivity index (χ0) is 11.8. The number of nitrogens with two attached hydrogens (primary N) is 1. The number of primary amides is 1. The van der Waals surface area contributed by atoms with Crippen LogP contribution in [0.15, 0.2) is 0 Å². The van der Waals surface area contributed by atoms with Crippen LogP contribution in [0, 0.1) is 11.3 Å². The number of rotatable bonds is 4. The molecule has 84 valence electrons. The summed E-state index contributed by atoms with van der Waals surface area (Å²) in [5.74, 6) is -0.105. The van der Waals surface area contributed by atoms with Gasteiger partial charge in [0.15, 0.2) is 0 Å². The second kappa shape index (κ2) is 7.35. The van der Waals surface area contributed by atoms with Crippen molar-refractivity contribution in [3.8, 4) is 0 Å². The van der Waals surface area contributed by atoms with Crippen LogP contribution in [0.1, 0.15) is 40.5 Å². The molecular formula is C10H21NO3. The fourth-order valence-electron chi connectivity index (χ4n) is 0.756. The molecule has 0 fully saturated rings. The van der Waals surface area contributed by atoms with Crippen molar-refractivity contribution in [2.45, 2.75) is 40.5 Å². The van der Waals surface area contributed by atoms with E-state index in [1.807, 2.05) is 0 Å². The summed E-state index contributed by atoms with van der Waals surface area (Å²) in [6.45, 7) is 7.77. The molecule has 0 heterocycles. The Morgan fingerprint density at radius 3 is 2.07 bits per heavy atom. The van der Waals surface area contributed by atoms with Crippen molar-refractivity contribution in [1.29, 1.82) is 0 Å². The smallest absolute Gasteiger partial charge is 0.309 e. The quantitative estimate of drug-likeness (QED) is 0.681. The van der Waals surface area contributed by atoms with E-state index in [0.29, 0.717) is 5.92 Å². The molecule has 0 aliphatic heterocycles. The van der Waals surface area contributed by atoms with Crippen LogP contribution in [0.5, 0.6) is 0 Å². The Hall–Kier alpha value is -1.06. The van der Waals surface area contributed by atoms with Gasteiger partial charge in [-0.05, 0) is 32.6 Å². The predicted octanol–water partition coefficient (Wildman–Crippen LogP) is 1.63. The maximum absolute atomic E-state index is 10.6. The number of aliphatic carboxylic acids is 1. The lowest BCUT2D eigenvalue weighted by atomic mass is 9.86. The van der Waals surface area contributed by atoms with Gasteiger partial charge in [0.1, 0.15) is 0 Å². The van der Waals surface area contributed by atoms with Gasteiger partial charge >= 0.3 is 5.97 Å². The third-order valence-electron chi connectivity index (χ3n) is 1.93. The van der Waals surface area contributed by atoms with Crippen molar-refractivity contribution in [1.82, 2.24) is 0 Å². The molecule has 0 aromatic rings. The Kier molecular flexibility index (Phi) is 8.10. The van der Waals surface area contributed by atoms with Crippen LogP contribution in [0.2, 0.25) is 0 Å². The van der Waals surface area contributed by atoms with Crippen molar-refractivity contribution < 1.29 is 14.7 Å². The average molecular weight is 203 g/mol. The number of carboxylic acid groups (broad SMARTS) is 1. The Bertz CT molecular complexity index is 176. The number of hydrogen-bond donors (Lipinski definition) is 2. The van der Waals surface area contributed by atoms with Crippen molar-refractivity contribution in [2.24, 2.45) is 17.1 Å². The minimum atomic E-state index is -0.696. The monoisotopic (exact) mass is 203 g/mol. The zero-order valence-corrected chi connectivity index (χ0v) is 9.41. The summed E-state index contributed by atoms with van der Waals surface area (Å²) in [4.78, 5) is 19.2. The standard InChI is InChI=1S/C9H18O2.CH3NO/c1-7(2)5-6-9(3,4)8(10)11;2-1-3/h7H,5-6H2,1-4H3,(H,10,11);1H,(H2,2,3). The Labute approximate surface area is 85.5 Å². The zero-order valence-electron chi connectivity index (χ0n) is 9.41. The summed E-state index contributed by atoms with van der Waals surface area (Å²) in [6.07, 6.45) is 2.00. The molecule has 0 saturated heterocycles. The number of amides is 1. The van der Waals surface area contributed by atoms with Gasteiger partial charge in [-0.15, -0.1) is 0 Å². The van der Waals surface area contributed by atoms with Gasteiger partial charge in [0.2, 0.25) is 6.41 Å². The van der Waals surface area contributed by atoms with Crippen molar-refractivity contribution in [3.05, 3.63) is 0 Å². The molecule has 0 radical (unpaired) electrons. The minimum absolute atomic E-state index is 0.250. The highest BCUT2D eigenvalue weighted by Gasteiger charge is 2.26. The van der Waals surface area contributed by atoms with E-state index in [4.69, 9.17) is 9.90 Å². The van der Waals surface area contributed by atoms with Crippen LogP contribution >= 0.6 is 0 Å². The highest BCUT2D eigenvalue weighted by Crippen LogP contribution is 2.24. The lowest BCUT2D eigenvalue weighted by molar-refractivity contribution is -0.147. The minimum Gasteiger partial charge on any atom is -0.481 e. The number of carbonyl (C=O) groups excluding carboxylic acids is 1. The molecule has 4 heteroatoms. The van der Waals surface area contributed by atoms with Gasteiger partial charge in [-0.2, -0.15) is 0 Å².